The molecule has 6 heteroatoms. The summed E-state index contributed by atoms with van der Waals surface area (Å²) >= 11 is 0. The fourth-order valence-corrected chi connectivity index (χ4v) is 4.30. The van der Waals surface area contributed by atoms with Crippen LogP contribution < -0.4 is 5.48 Å². The van der Waals surface area contributed by atoms with E-state index < -0.39 is 0 Å². The van der Waals surface area contributed by atoms with E-state index in [2.05, 4.69) is 41.7 Å². The lowest BCUT2D eigenvalue weighted by Gasteiger charge is -2.27. The molecule has 1 amide bonds. The number of H-pyrrole nitrogens is 1. The van der Waals surface area contributed by atoms with E-state index in [0.29, 0.717) is 6.54 Å². The van der Waals surface area contributed by atoms with Gasteiger partial charge in [-0.25, -0.2) is 10.5 Å². The van der Waals surface area contributed by atoms with Crippen molar-refractivity contribution in [2.75, 3.05) is 13.1 Å². The smallest absolute Gasteiger partial charge is 0.227 e. The van der Waals surface area contributed by atoms with E-state index in [1.807, 2.05) is 17.0 Å². The Morgan fingerprint density at radius 3 is 2.89 bits per heavy atom. The second-order valence-corrected chi connectivity index (χ2v) is 7.73. The lowest BCUT2D eigenvalue weighted by atomic mass is 10.00. The van der Waals surface area contributed by atoms with Gasteiger partial charge in [-0.15, -0.1) is 0 Å². The Labute approximate surface area is 164 Å². The lowest BCUT2D eigenvalue weighted by Crippen LogP contribution is -2.39. The maximum Gasteiger partial charge on any atom is 0.227 e. The molecule has 0 aliphatic carbocycles. The summed E-state index contributed by atoms with van der Waals surface area (Å²) in [4.78, 5) is 23.4. The number of rotatable bonds is 7. The Kier molecular flexibility index (Phi) is 5.59. The summed E-state index contributed by atoms with van der Waals surface area (Å²) in [6.45, 7) is 3.16. The molecule has 1 aromatic heterocycles. The Morgan fingerprint density at radius 1 is 1.36 bits per heavy atom. The highest BCUT2D eigenvalue weighted by molar-refractivity contribution is 5.95. The van der Waals surface area contributed by atoms with Crippen LogP contribution in [-0.2, 0) is 4.79 Å². The molecule has 1 saturated heterocycles. The van der Waals surface area contributed by atoms with Crippen molar-refractivity contribution < 1.29 is 10.0 Å². The largest absolute Gasteiger partial charge is 0.340 e. The van der Waals surface area contributed by atoms with E-state index in [9.17, 15) is 4.79 Å². The van der Waals surface area contributed by atoms with Crippen LogP contribution in [0.2, 0.25) is 0 Å². The fourth-order valence-electron chi connectivity index (χ4n) is 4.30. The number of nitrogens with zero attached hydrogens (tertiary/aromatic N) is 2. The summed E-state index contributed by atoms with van der Waals surface area (Å²) in [5.74, 6) is 0.781. The van der Waals surface area contributed by atoms with Crippen molar-refractivity contribution in [2.24, 2.45) is 5.92 Å². The molecule has 0 saturated carbocycles. The SMILES string of the molecule is CCCC[C@H](CNO)C(=O)N1CCC[C@H]1c1nc2cc3ccccc3cc2[nH]1. The summed E-state index contributed by atoms with van der Waals surface area (Å²) in [6, 6.07) is 12.5. The summed E-state index contributed by atoms with van der Waals surface area (Å²) in [6.07, 6.45) is 4.70. The van der Waals surface area contributed by atoms with E-state index >= 15 is 0 Å². The first-order valence-corrected chi connectivity index (χ1v) is 10.3. The number of hydrogen-bond acceptors (Lipinski definition) is 4. The average Bonchev–Trinajstić information content (AvgIpc) is 3.35. The number of unbranched alkanes of at least 4 members (excludes halogenated alkanes) is 1. The van der Waals surface area contributed by atoms with E-state index in [1.165, 1.54) is 10.8 Å². The van der Waals surface area contributed by atoms with Crippen molar-refractivity contribution in [3.05, 3.63) is 42.2 Å². The number of carbonyl (C=O) groups is 1. The lowest BCUT2D eigenvalue weighted by molar-refractivity contribution is -0.137. The van der Waals surface area contributed by atoms with Gasteiger partial charge in [0.25, 0.3) is 0 Å². The number of aromatic nitrogens is 2. The van der Waals surface area contributed by atoms with Gasteiger partial charge in [0.15, 0.2) is 0 Å². The minimum Gasteiger partial charge on any atom is -0.340 e. The van der Waals surface area contributed by atoms with Crippen LogP contribution in [0.5, 0.6) is 0 Å². The Balaban J connectivity index is 1.61. The Bertz CT molecular complexity index is 915. The maximum absolute atomic E-state index is 13.2. The van der Waals surface area contributed by atoms with Gasteiger partial charge in [-0.1, -0.05) is 44.0 Å². The van der Waals surface area contributed by atoms with E-state index in [0.717, 1.165) is 55.5 Å². The first-order chi connectivity index (χ1) is 13.7. The van der Waals surface area contributed by atoms with Gasteiger partial charge in [0.05, 0.1) is 23.0 Å². The third kappa shape index (κ3) is 3.62. The van der Waals surface area contributed by atoms with Gasteiger partial charge < -0.3 is 15.1 Å². The Morgan fingerprint density at radius 2 is 2.14 bits per heavy atom. The molecule has 3 N–H and O–H groups in total. The van der Waals surface area contributed by atoms with E-state index in [4.69, 9.17) is 10.2 Å². The number of carbonyl (C=O) groups excluding carboxylic acids is 1. The topological polar surface area (TPSA) is 81.2 Å². The van der Waals surface area contributed by atoms with Gasteiger partial charge in [-0.2, -0.15) is 0 Å². The zero-order valence-corrected chi connectivity index (χ0v) is 16.3. The molecule has 6 nitrogen and oxygen atoms in total. The highest BCUT2D eigenvalue weighted by Crippen LogP contribution is 2.34. The third-order valence-corrected chi connectivity index (χ3v) is 5.81. The highest BCUT2D eigenvalue weighted by Gasteiger charge is 2.35. The molecular weight excluding hydrogens is 352 g/mol. The monoisotopic (exact) mass is 380 g/mol. The van der Waals surface area contributed by atoms with Crippen LogP contribution >= 0.6 is 0 Å². The average molecular weight is 380 g/mol. The molecular formula is C22H28N4O2. The summed E-state index contributed by atoms with van der Waals surface area (Å²) in [7, 11) is 0. The second kappa shape index (κ2) is 8.29. The summed E-state index contributed by atoms with van der Waals surface area (Å²) in [5.41, 5.74) is 4.15. The number of amides is 1. The molecule has 3 aromatic rings. The van der Waals surface area contributed by atoms with Crippen LogP contribution in [0.25, 0.3) is 21.8 Å². The van der Waals surface area contributed by atoms with Gasteiger partial charge in [0.1, 0.15) is 5.82 Å². The zero-order valence-electron chi connectivity index (χ0n) is 16.3. The number of aromatic amines is 1. The van der Waals surface area contributed by atoms with Crippen LogP contribution in [0.4, 0.5) is 0 Å². The zero-order chi connectivity index (χ0) is 19.5. The first-order valence-electron chi connectivity index (χ1n) is 10.3. The van der Waals surface area contributed by atoms with Crippen LogP contribution in [0.15, 0.2) is 36.4 Å². The van der Waals surface area contributed by atoms with Crippen LogP contribution in [0.3, 0.4) is 0 Å². The van der Waals surface area contributed by atoms with Crippen molar-refractivity contribution >= 4 is 27.7 Å². The second-order valence-electron chi connectivity index (χ2n) is 7.73. The number of likely N-dealkylation sites (tertiary alicyclic amines) is 1. The molecule has 1 aliphatic rings. The molecule has 1 fully saturated rings. The van der Waals surface area contributed by atoms with Crippen molar-refractivity contribution in [3.63, 3.8) is 0 Å². The molecule has 2 heterocycles. The first kappa shape index (κ1) is 18.9. The molecule has 0 spiro atoms. The number of imidazole rings is 1. The molecule has 2 aromatic carbocycles. The Hall–Kier alpha value is -2.44. The van der Waals surface area contributed by atoms with Gasteiger partial charge in [0.2, 0.25) is 5.91 Å². The predicted octanol–water partition coefficient (Wildman–Crippen LogP) is 4.16. The molecule has 28 heavy (non-hydrogen) atoms. The minimum absolute atomic E-state index is 0.0224. The number of hydroxylamine groups is 1. The number of hydrogen-bond donors (Lipinski definition) is 3. The molecule has 148 valence electrons. The van der Waals surface area contributed by atoms with Gasteiger partial charge in [0, 0.05) is 13.1 Å². The molecule has 1 aliphatic heterocycles. The minimum atomic E-state index is -0.197. The normalized spacial score (nSPS) is 18.2. The molecule has 0 bridgehead atoms. The number of benzene rings is 2. The van der Waals surface area contributed by atoms with Crippen LogP contribution in [0, 0.1) is 5.92 Å². The van der Waals surface area contributed by atoms with Crippen LogP contribution in [-0.4, -0.2) is 39.1 Å². The standard InChI is InChI=1S/C22H28N4O2/c1-2-3-7-17(14-23-28)22(27)26-11-6-10-20(26)21-24-18-12-15-8-4-5-9-16(15)13-19(18)25-21/h4-5,8-9,12-13,17,20,23,28H,2-3,6-7,10-11,14H2,1H3,(H,24,25)/t17-,20+/m1/s1. The van der Waals surface area contributed by atoms with Crippen LogP contribution in [0.1, 0.15) is 50.9 Å². The summed E-state index contributed by atoms with van der Waals surface area (Å²) < 4.78 is 0. The third-order valence-electron chi connectivity index (χ3n) is 5.81. The quantitative estimate of drug-likeness (QED) is 0.538. The molecule has 0 radical (unpaired) electrons. The van der Waals surface area contributed by atoms with Crippen molar-refractivity contribution in [1.29, 1.82) is 0 Å². The maximum atomic E-state index is 13.2. The van der Waals surface area contributed by atoms with E-state index in [1.54, 1.807) is 0 Å². The van der Waals surface area contributed by atoms with E-state index in [-0.39, 0.29) is 17.9 Å². The molecule has 0 unspecified atom stereocenters. The van der Waals surface area contributed by atoms with Gasteiger partial charge in [-0.3, -0.25) is 4.79 Å². The van der Waals surface area contributed by atoms with Crippen molar-refractivity contribution in [3.8, 4) is 0 Å². The molecule has 2 atom stereocenters. The van der Waals surface area contributed by atoms with Gasteiger partial charge >= 0.3 is 0 Å². The fraction of sp³-hybridized carbons (Fsp3) is 0.455. The molecule has 4 rings (SSSR count). The number of nitrogens with one attached hydrogen (secondary N) is 2. The highest BCUT2D eigenvalue weighted by atomic mass is 16.5. The van der Waals surface area contributed by atoms with Gasteiger partial charge in [-0.05, 0) is 42.2 Å². The summed E-state index contributed by atoms with van der Waals surface area (Å²) in [5, 5.41) is 11.5. The van der Waals surface area contributed by atoms with Crippen molar-refractivity contribution in [2.45, 2.75) is 45.1 Å². The predicted molar refractivity (Wildman–Crippen MR) is 110 cm³/mol. The number of fused-ring (bicyclic) bond motifs is 2. The van der Waals surface area contributed by atoms with Crippen molar-refractivity contribution in [1.82, 2.24) is 20.3 Å².